The number of rotatable bonds is 4. The van der Waals surface area contributed by atoms with Crippen LogP contribution in [0.2, 0.25) is 0 Å². The van der Waals surface area contributed by atoms with Gasteiger partial charge in [0.25, 0.3) is 0 Å². The number of fused-ring (bicyclic) bond motifs is 1. The molecule has 1 aliphatic carbocycles. The monoisotopic (exact) mass is 454 g/mol. The molecule has 0 unspecified atom stereocenters. The molecule has 3 heterocycles. The van der Waals surface area contributed by atoms with E-state index in [0.29, 0.717) is 5.56 Å². The number of allylic oxidation sites excluding steroid dienone is 2. The summed E-state index contributed by atoms with van der Waals surface area (Å²) in [4.78, 5) is 22.1. The Balaban J connectivity index is 1.43. The van der Waals surface area contributed by atoms with Gasteiger partial charge in [0.05, 0.1) is 22.5 Å². The number of aryl methyl sites for hydroxylation is 1. The Bertz CT molecular complexity index is 1300. The third-order valence-corrected chi connectivity index (χ3v) is 6.73. The van der Waals surface area contributed by atoms with Crippen molar-refractivity contribution in [2.24, 2.45) is 5.73 Å². The highest BCUT2D eigenvalue weighted by Crippen LogP contribution is 2.32. The molecule has 2 aromatic heterocycles. The largest absolute Gasteiger partial charge is 0.459 e. The van der Waals surface area contributed by atoms with Gasteiger partial charge in [-0.25, -0.2) is 4.79 Å². The van der Waals surface area contributed by atoms with Gasteiger partial charge in [0, 0.05) is 22.8 Å². The minimum atomic E-state index is -0.323. The number of nitrogens with two attached hydrogens (primary N) is 1. The Morgan fingerprint density at radius 1 is 1.18 bits per heavy atom. The Labute approximate surface area is 199 Å². The van der Waals surface area contributed by atoms with Gasteiger partial charge >= 0.3 is 5.97 Å². The molecule has 6 nitrogen and oxygen atoms in total. The fourth-order valence-corrected chi connectivity index (χ4v) is 4.70. The number of pyridine rings is 2. The lowest BCUT2D eigenvalue weighted by atomic mass is 9.83. The van der Waals surface area contributed by atoms with Crippen LogP contribution in [0.25, 0.3) is 22.2 Å². The first-order valence-corrected chi connectivity index (χ1v) is 11.9. The average molecular weight is 455 g/mol. The third-order valence-electron chi connectivity index (χ3n) is 6.73. The fourth-order valence-electron chi connectivity index (χ4n) is 4.70. The van der Waals surface area contributed by atoms with Gasteiger partial charge in [-0.15, -0.1) is 0 Å². The lowest BCUT2D eigenvalue weighted by molar-refractivity contribution is 0.0152. The van der Waals surface area contributed by atoms with Crippen LogP contribution in [-0.4, -0.2) is 27.6 Å². The molecule has 0 radical (unpaired) electrons. The van der Waals surface area contributed by atoms with Gasteiger partial charge in [0.1, 0.15) is 6.10 Å². The summed E-state index contributed by atoms with van der Waals surface area (Å²) in [6, 6.07) is 14.1. The van der Waals surface area contributed by atoms with E-state index in [0.717, 1.165) is 71.2 Å². The molecular weight excluding hydrogens is 424 g/mol. The third kappa shape index (κ3) is 4.73. The molecule has 34 heavy (non-hydrogen) atoms. The number of nitrogens with zero attached hydrogens (tertiary/aromatic N) is 2. The van der Waals surface area contributed by atoms with Crippen LogP contribution in [0.4, 0.5) is 0 Å². The Kier molecular flexibility index (Phi) is 5.92. The summed E-state index contributed by atoms with van der Waals surface area (Å²) in [7, 11) is 0. The van der Waals surface area contributed by atoms with Gasteiger partial charge in [0.2, 0.25) is 0 Å². The number of esters is 1. The molecule has 1 saturated carbocycles. The second-order valence-corrected chi connectivity index (χ2v) is 9.66. The van der Waals surface area contributed by atoms with Crippen molar-refractivity contribution in [1.29, 1.82) is 0 Å². The zero-order valence-electron chi connectivity index (χ0n) is 19.7. The Morgan fingerprint density at radius 3 is 2.79 bits per heavy atom. The van der Waals surface area contributed by atoms with Crippen LogP contribution in [0.5, 0.6) is 0 Å². The zero-order valence-corrected chi connectivity index (χ0v) is 19.7. The predicted octanol–water partition coefficient (Wildman–Crippen LogP) is 5.13. The summed E-state index contributed by atoms with van der Waals surface area (Å²) >= 11 is 0. The second-order valence-electron chi connectivity index (χ2n) is 9.66. The standard InChI is InChI=1S/C28H30N4O2/c1-18-5-3-7-25(32-18)26-23(6-4-14-30-26)19-8-9-24-20(15-19)16-21(17-31-24)27(33)34-22-10-12-28(2,29)13-11-22/h3-5,7-9,14-17,22,30H,6,10-13,29H2,1-2H3. The smallest absolute Gasteiger partial charge is 0.339 e. The summed E-state index contributed by atoms with van der Waals surface area (Å²) in [5, 5.41) is 4.28. The van der Waals surface area contributed by atoms with Crippen molar-refractivity contribution in [2.75, 3.05) is 0 Å². The highest BCUT2D eigenvalue weighted by Gasteiger charge is 2.29. The summed E-state index contributed by atoms with van der Waals surface area (Å²) < 4.78 is 5.78. The highest BCUT2D eigenvalue weighted by molar-refractivity contribution is 5.97. The molecule has 0 atom stereocenters. The van der Waals surface area contributed by atoms with Crippen molar-refractivity contribution in [1.82, 2.24) is 15.3 Å². The van der Waals surface area contributed by atoms with Crippen molar-refractivity contribution in [3.8, 4) is 0 Å². The van der Waals surface area contributed by atoms with Gasteiger partial charge in [-0.1, -0.05) is 18.2 Å². The number of ether oxygens (including phenoxy) is 1. The summed E-state index contributed by atoms with van der Waals surface area (Å²) in [5.74, 6) is -0.323. The van der Waals surface area contributed by atoms with Gasteiger partial charge in [0.15, 0.2) is 0 Å². The molecule has 174 valence electrons. The first kappa shape index (κ1) is 22.3. The lowest BCUT2D eigenvalue weighted by Gasteiger charge is -2.33. The molecule has 0 bridgehead atoms. The van der Waals surface area contributed by atoms with Crippen molar-refractivity contribution >= 4 is 28.1 Å². The number of dihydropyridines is 1. The molecule has 0 spiro atoms. The average Bonchev–Trinajstić information content (AvgIpc) is 2.84. The molecule has 0 amide bonds. The predicted molar refractivity (Wildman–Crippen MR) is 135 cm³/mol. The molecular formula is C28H30N4O2. The molecule has 3 N–H and O–H groups in total. The van der Waals surface area contributed by atoms with Crippen LogP contribution in [0.3, 0.4) is 0 Å². The molecule has 0 saturated heterocycles. The van der Waals surface area contributed by atoms with Crippen LogP contribution >= 0.6 is 0 Å². The number of hydrogen-bond acceptors (Lipinski definition) is 6. The normalized spacial score (nSPS) is 22.5. The van der Waals surface area contributed by atoms with Gasteiger partial charge in [-0.05, 0) is 93.6 Å². The topological polar surface area (TPSA) is 90.1 Å². The first-order chi connectivity index (χ1) is 16.4. The van der Waals surface area contributed by atoms with E-state index >= 15 is 0 Å². The lowest BCUT2D eigenvalue weighted by Crippen LogP contribution is -2.42. The SMILES string of the molecule is Cc1cccc(C2=C(c3ccc4ncc(C(=O)OC5CCC(C)(N)CC5)cc4c3)CC=CN2)n1. The molecule has 6 heteroatoms. The molecule has 5 rings (SSSR count). The van der Waals surface area contributed by atoms with Crippen LogP contribution in [0.15, 0.2) is 60.9 Å². The minimum absolute atomic E-state index is 0.0826. The van der Waals surface area contributed by atoms with Gasteiger partial charge < -0.3 is 15.8 Å². The number of nitrogens with one attached hydrogen (secondary N) is 1. The van der Waals surface area contributed by atoms with Crippen molar-refractivity contribution < 1.29 is 9.53 Å². The maximum absolute atomic E-state index is 12.8. The van der Waals surface area contributed by atoms with Crippen molar-refractivity contribution in [3.05, 3.63) is 83.5 Å². The molecule has 3 aromatic rings. The van der Waals surface area contributed by atoms with E-state index in [2.05, 4.69) is 35.4 Å². The van der Waals surface area contributed by atoms with Crippen molar-refractivity contribution in [2.45, 2.75) is 57.6 Å². The molecule has 1 fully saturated rings. The summed E-state index contributed by atoms with van der Waals surface area (Å²) in [6.45, 7) is 4.05. The van der Waals surface area contributed by atoms with E-state index in [1.165, 1.54) is 0 Å². The molecule has 2 aliphatic rings. The Morgan fingerprint density at radius 2 is 2.00 bits per heavy atom. The summed E-state index contributed by atoms with van der Waals surface area (Å²) in [6.07, 6.45) is 9.69. The van der Waals surface area contributed by atoms with Gasteiger partial charge in [-0.2, -0.15) is 0 Å². The van der Waals surface area contributed by atoms with Crippen molar-refractivity contribution in [3.63, 3.8) is 0 Å². The van der Waals surface area contributed by atoms with E-state index in [4.69, 9.17) is 15.5 Å². The minimum Gasteiger partial charge on any atom is -0.459 e. The van der Waals surface area contributed by atoms with Crippen LogP contribution in [-0.2, 0) is 4.74 Å². The molecule has 1 aromatic carbocycles. The maximum Gasteiger partial charge on any atom is 0.339 e. The van der Waals surface area contributed by atoms with E-state index in [1.807, 2.05) is 43.5 Å². The quantitative estimate of drug-likeness (QED) is 0.531. The van der Waals surface area contributed by atoms with Gasteiger partial charge in [-0.3, -0.25) is 9.97 Å². The van der Waals surface area contributed by atoms with E-state index in [-0.39, 0.29) is 17.6 Å². The number of carbonyl (C=O) groups excluding carboxylic acids is 1. The van der Waals surface area contributed by atoms with E-state index in [1.54, 1.807) is 6.20 Å². The second kappa shape index (κ2) is 9.03. The maximum atomic E-state index is 12.8. The number of carbonyl (C=O) groups is 1. The van der Waals surface area contributed by atoms with Crippen LogP contribution < -0.4 is 11.1 Å². The highest BCUT2D eigenvalue weighted by atomic mass is 16.5. The zero-order chi connectivity index (χ0) is 23.7. The van der Waals surface area contributed by atoms with Crippen LogP contribution in [0.1, 0.15) is 66.3 Å². The van der Waals surface area contributed by atoms with Crippen LogP contribution in [0, 0.1) is 6.92 Å². The van der Waals surface area contributed by atoms with E-state index < -0.39 is 0 Å². The van der Waals surface area contributed by atoms with E-state index in [9.17, 15) is 4.79 Å². The number of benzene rings is 1. The number of aromatic nitrogens is 2. The number of hydrogen-bond donors (Lipinski definition) is 2. The first-order valence-electron chi connectivity index (χ1n) is 11.9. The Hall–Kier alpha value is -3.51. The summed E-state index contributed by atoms with van der Waals surface area (Å²) in [5.41, 5.74) is 12.5. The molecule has 1 aliphatic heterocycles. The fraction of sp³-hybridized carbons (Fsp3) is 0.321.